The summed E-state index contributed by atoms with van der Waals surface area (Å²) >= 11 is 0. The van der Waals surface area contributed by atoms with Gasteiger partial charge in [-0.1, -0.05) is 6.92 Å². The fourth-order valence-electron chi connectivity index (χ4n) is 1.41. The predicted octanol–water partition coefficient (Wildman–Crippen LogP) is -0.206. The SMILES string of the molecule is CC(Cn1nnnc1-c1cnn(C)c1)C(=O)O. The number of nitrogens with zero attached hydrogens (tertiary/aromatic N) is 6. The third kappa shape index (κ3) is 2.30. The van der Waals surface area contributed by atoms with Gasteiger partial charge in [-0.25, -0.2) is 4.68 Å². The Morgan fingerprint density at radius 2 is 2.35 bits per heavy atom. The van der Waals surface area contributed by atoms with Gasteiger partial charge in [0, 0.05) is 13.2 Å². The Balaban J connectivity index is 2.26. The van der Waals surface area contributed by atoms with Crippen molar-refractivity contribution in [2.75, 3.05) is 0 Å². The number of aryl methyl sites for hydroxylation is 1. The van der Waals surface area contributed by atoms with Gasteiger partial charge in [-0.15, -0.1) is 5.10 Å². The number of carboxylic acids is 1. The number of tetrazole rings is 1. The number of aromatic nitrogens is 6. The van der Waals surface area contributed by atoms with Crippen molar-refractivity contribution >= 4 is 5.97 Å². The van der Waals surface area contributed by atoms with Crippen molar-refractivity contribution in [1.82, 2.24) is 30.0 Å². The van der Waals surface area contributed by atoms with Crippen LogP contribution in [-0.2, 0) is 18.4 Å². The summed E-state index contributed by atoms with van der Waals surface area (Å²) in [6.45, 7) is 1.84. The van der Waals surface area contributed by atoms with E-state index in [-0.39, 0.29) is 6.54 Å². The molecular weight excluding hydrogens is 224 g/mol. The van der Waals surface area contributed by atoms with E-state index in [1.165, 1.54) is 4.68 Å². The van der Waals surface area contributed by atoms with Crippen LogP contribution in [0.25, 0.3) is 11.4 Å². The van der Waals surface area contributed by atoms with Crippen LogP contribution in [0.15, 0.2) is 12.4 Å². The van der Waals surface area contributed by atoms with Crippen molar-refractivity contribution in [3.8, 4) is 11.4 Å². The molecule has 8 heteroatoms. The molecule has 2 aromatic heterocycles. The fourth-order valence-corrected chi connectivity index (χ4v) is 1.41. The molecular formula is C9H12N6O2. The van der Waals surface area contributed by atoms with Crippen LogP contribution in [0, 0.1) is 5.92 Å². The lowest BCUT2D eigenvalue weighted by Gasteiger charge is -2.06. The zero-order valence-corrected chi connectivity index (χ0v) is 9.48. The maximum absolute atomic E-state index is 10.8. The monoisotopic (exact) mass is 236 g/mol. The van der Waals surface area contributed by atoms with Crippen LogP contribution in [0.5, 0.6) is 0 Å². The highest BCUT2D eigenvalue weighted by Crippen LogP contribution is 2.15. The Labute approximate surface area is 96.9 Å². The Bertz CT molecular complexity index is 531. The molecule has 1 N–H and O–H groups in total. The topological polar surface area (TPSA) is 98.7 Å². The molecule has 0 aliphatic rings. The number of carbonyl (C=O) groups is 1. The van der Waals surface area contributed by atoms with E-state index < -0.39 is 11.9 Å². The summed E-state index contributed by atoms with van der Waals surface area (Å²) in [5, 5.41) is 24.1. The summed E-state index contributed by atoms with van der Waals surface area (Å²) in [6.07, 6.45) is 3.40. The smallest absolute Gasteiger partial charge is 0.308 e. The standard InChI is InChI=1S/C9H12N6O2/c1-6(9(16)17)4-15-8(11-12-13-15)7-3-10-14(2)5-7/h3,5-6H,4H2,1-2H3,(H,16,17). The fraction of sp³-hybridized carbons (Fsp3) is 0.444. The van der Waals surface area contributed by atoms with Crippen LogP contribution < -0.4 is 0 Å². The van der Waals surface area contributed by atoms with Gasteiger partial charge < -0.3 is 5.11 Å². The van der Waals surface area contributed by atoms with Crippen molar-refractivity contribution in [1.29, 1.82) is 0 Å². The molecule has 0 saturated heterocycles. The molecule has 2 rings (SSSR count). The molecule has 0 amide bonds. The Kier molecular flexibility index (Phi) is 2.86. The van der Waals surface area contributed by atoms with Crippen LogP contribution >= 0.6 is 0 Å². The number of carboxylic acid groups (broad SMARTS) is 1. The summed E-state index contributed by atoms with van der Waals surface area (Å²) in [7, 11) is 1.79. The molecule has 0 radical (unpaired) electrons. The second-order valence-electron chi connectivity index (χ2n) is 3.83. The van der Waals surface area contributed by atoms with Crippen molar-refractivity contribution in [3.05, 3.63) is 12.4 Å². The molecule has 2 heterocycles. The average molecular weight is 236 g/mol. The van der Waals surface area contributed by atoms with Gasteiger partial charge in [-0.3, -0.25) is 9.48 Å². The van der Waals surface area contributed by atoms with Gasteiger partial charge in [0.25, 0.3) is 0 Å². The highest BCUT2D eigenvalue weighted by Gasteiger charge is 2.17. The zero-order chi connectivity index (χ0) is 12.4. The van der Waals surface area contributed by atoms with Crippen LogP contribution in [0.3, 0.4) is 0 Å². The molecule has 8 nitrogen and oxygen atoms in total. The summed E-state index contributed by atoms with van der Waals surface area (Å²) in [4.78, 5) is 10.8. The maximum atomic E-state index is 10.8. The van der Waals surface area contributed by atoms with Gasteiger partial charge >= 0.3 is 5.97 Å². The summed E-state index contributed by atoms with van der Waals surface area (Å²) < 4.78 is 3.10. The number of hydrogen-bond donors (Lipinski definition) is 1. The maximum Gasteiger partial charge on any atom is 0.308 e. The first-order valence-electron chi connectivity index (χ1n) is 5.06. The van der Waals surface area contributed by atoms with E-state index in [1.807, 2.05) is 0 Å². The lowest BCUT2D eigenvalue weighted by Crippen LogP contribution is -2.18. The van der Waals surface area contributed by atoms with Crippen molar-refractivity contribution < 1.29 is 9.90 Å². The average Bonchev–Trinajstić information content (AvgIpc) is 2.86. The molecule has 0 saturated carbocycles. The van der Waals surface area contributed by atoms with Crippen LogP contribution in [0.2, 0.25) is 0 Å². The van der Waals surface area contributed by atoms with E-state index in [0.717, 1.165) is 5.56 Å². The second kappa shape index (κ2) is 4.32. The van der Waals surface area contributed by atoms with Gasteiger partial charge in [-0.2, -0.15) is 5.10 Å². The van der Waals surface area contributed by atoms with Gasteiger partial charge in [0.15, 0.2) is 5.82 Å². The first-order chi connectivity index (χ1) is 8.08. The van der Waals surface area contributed by atoms with Crippen LogP contribution in [-0.4, -0.2) is 41.1 Å². The summed E-state index contributed by atoms with van der Waals surface area (Å²) in [6, 6.07) is 0. The van der Waals surface area contributed by atoms with Crippen LogP contribution in [0.4, 0.5) is 0 Å². The third-order valence-electron chi connectivity index (χ3n) is 2.36. The minimum atomic E-state index is -0.877. The highest BCUT2D eigenvalue weighted by atomic mass is 16.4. The number of aliphatic carboxylic acids is 1. The lowest BCUT2D eigenvalue weighted by atomic mass is 10.2. The van der Waals surface area contributed by atoms with Gasteiger partial charge in [-0.05, 0) is 10.4 Å². The lowest BCUT2D eigenvalue weighted by molar-refractivity contribution is -0.141. The molecule has 0 aromatic carbocycles. The molecule has 1 atom stereocenters. The Morgan fingerprint density at radius 3 is 2.94 bits per heavy atom. The van der Waals surface area contributed by atoms with Gasteiger partial charge in [0.2, 0.25) is 0 Å². The second-order valence-corrected chi connectivity index (χ2v) is 3.83. The molecule has 90 valence electrons. The van der Waals surface area contributed by atoms with E-state index in [2.05, 4.69) is 20.6 Å². The van der Waals surface area contributed by atoms with E-state index in [9.17, 15) is 4.79 Å². The minimum absolute atomic E-state index is 0.229. The Morgan fingerprint density at radius 1 is 1.59 bits per heavy atom. The molecule has 17 heavy (non-hydrogen) atoms. The molecule has 2 aromatic rings. The van der Waals surface area contributed by atoms with E-state index >= 15 is 0 Å². The molecule has 0 spiro atoms. The first-order valence-corrected chi connectivity index (χ1v) is 5.06. The molecule has 0 bridgehead atoms. The number of hydrogen-bond acceptors (Lipinski definition) is 5. The quantitative estimate of drug-likeness (QED) is 0.788. The predicted molar refractivity (Wildman–Crippen MR) is 56.8 cm³/mol. The van der Waals surface area contributed by atoms with Crippen molar-refractivity contribution in [2.24, 2.45) is 13.0 Å². The van der Waals surface area contributed by atoms with Gasteiger partial charge in [0.1, 0.15) is 0 Å². The van der Waals surface area contributed by atoms with E-state index in [1.54, 1.807) is 31.0 Å². The van der Waals surface area contributed by atoms with E-state index in [4.69, 9.17) is 5.11 Å². The number of rotatable bonds is 4. The van der Waals surface area contributed by atoms with Gasteiger partial charge in [0.05, 0.1) is 24.2 Å². The molecule has 0 aliphatic heterocycles. The van der Waals surface area contributed by atoms with Crippen LogP contribution in [0.1, 0.15) is 6.92 Å². The van der Waals surface area contributed by atoms with Crippen molar-refractivity contribution in [2.45, 2.75) is 13.5 Å². The first kappa shape index (κ1) is 11.2. The Hall–Kier alpha value is -2.25. The highest BCUT2D eigenvalue weighted by molar-refractivity contribution is 5.69. The summed E-state index contributed by atoms with van der Waals surface area (Å²) in [5.74, 6) is -0.905. The minimum Gasteiger partial charge on any atom is -0.481 e. The van der Waals surface area contributed by atoms with Crippen molar-refractivity contribution in [3.63, 3.8) is 0 Å². The molecule has 0 aliphatic carbocycles. The third-order valence-corrected chi connectivity index (χ3v) is 2.36. The zero-order valence-electron chi connectivity index (χ0n) is 9.48. The summed E-state index contributed by atoms with van der Waals surface area (Å²) in [5.41, 5.74) is 0.759. The largest absolute Gasteiger partial charge is 0.481 e. The molecule has 0 fully saturated rings. The van der Waals surface area contributed by atoms with E-state index in [0.29, 0.717) is 5.82 Å². The molecule has 1 unspecified atom stereocenters. The normalized spacial score (nSPS) is 12.6.